The van der Waals surface area contributed by atoms with E-state index in [2.05, 4.69) is 219 Å². The fraction of sp³-hybridized carbons (Fsp3) is 0.0690. The van der Waals surface area contributed by atoms with Gasteiger partial charge in [-0.3, -0.25) is 0 Å². The minimum absolute atomic E-state index is 0.145. The van der Waals surface area contributed by atoms with E-state index in [1.807, 2.05) is 12.1 Å². The molecule has 0 N–H and O–H groups in total. The summed E-state index contributed by atoms with van der Waals surface area (Å²) in [5.74, 6) is 0. The normalized spacial score (nSPS) is 14.1. The number of fused-ring (bicyclic) bond motifs is 9. The van der Waals surface area contributed by atoms with Gasteiger partial charge in [-0.25, -0.2) is 0 Å². The number of nitrogens with zero attached hydrogens (tertiary/aromatic N) is 1. The summed E-state index contributed by atoms with van der Waals surface area (Å²) >= 11 is 0. The molecular formula is C58H41NO. The fourth-order valence-electron chi connectivity index (χ4n) is 10.6. The Morgan fingerprint density at radius 1 is 0.350 bits per heavy atom. The Kier molecular flexibility index (Phi) is 7.52. The highest BCUT2D eigenvalue weighted by Gasteiger charge is 2.46. The highest BCUT2D eigenvalue weighted by molar-refractivity contribution is 6.06. The second kappa shape index (κ2) is 13.0. The molecule has 10 aromatic rings. The molecule has 0 radical (unpaired) electrons. The van der Waals surface area contributed by atoms with Gasteiger partial charge in [0.2, 0.25) is 0 Å². The molecule has 284 valence electrons. The lowest BCUT2D eigenvalue weighted by molar-refractivity contribution is 0.660. The maximum absolute atomic E-state index is 6.23. The Bertz CT molecular complexity index is 3260. The fourth-order valence-corrected chi connectivity index (χ4v) is 10.6. The van der Waals surface area contributed by atoms with Crippen LogP contribution in [0.2, 0.25) is 0 Å². The Morgan fingerprint density at radius 2 is 0.883 bits per heavy atom. The molecule has 0 spiro atoms. The minimum atomic E-state index is -0.512. The van der Waals surface area contributed by atoms with Crippen molar-refractivity contribution < 1.29 is 4.42 Å². The lowest BCUT2D eigenvalue weighted by Crippen LogP contribution is -2.28. The third kappa shape index (κ3) is 4.94. The molecule has 12 rings (SSSR count). The molecule has 0 saturated carbocycles. The zero-order valence-corrected chi connectivity index (χ0v) is 33.6. The van der Waals surface area contributed by atoms with E-state index in [0.29, 0.717) is 0 Å². The van der Waals surface area contributed by atoms with Crippen molar-refractivity contribution in [2.75, 3.05) is 4.90 Å². The highest BCUT2D eigenvalue weighted by Crippen LogP contribution is 2.58. The largest absolute Gasteiger partial charge is 0.456 e. The van der Waals surface area contributed by atoms with E-state index >= 15 is 0 Å². The van der Waals surface area contributed by atoms with Crippen molar-refractivity contribution in [3.05, 3.63) is 246 Å². The van der Waals surface area contributed by atoms with Crippen LogP contribution in [0.3, 0.4) is 0 Å². The van der Waals surface area contributed by atoms with Crippen LogP contribution in [0.15, 0.2) is 217 Å². The predicted molar refractivity (Wildman–Crippen MR) is 249 cm³/mol. The van der Waals surface area contributed by atoms with Gasteiger partial charge in [-0.2, -0.15) is 0 Å². The minimum Gasteiger partial charge on any atom is -0.456 e. The van der Waals surface area contributed by atoms with Crippen molar-refractivity contribution in [3.63, 3.8) is 0 Å². The second-order valence-corrected chi connectivity index (χ2v) is 16.9. The number of para-hydroxylation sites is 1. The summed E-state index contributed by atoms with van der Waals surface area (Å²) in [5, 5.41) is 2.26. The van der Waals surface area contributed by atoms with Crippen molar-refractivity contribution in [3.8, 4) is 33.4 Å². The van der Waals surface area contributed by atoms with Crippen LogP contribution in [-0.2, 0) is 10.8 Å². The number of furan rings is 1. The number of rotatable bonds is 6. The average molecular weight is 768 g/mol. The average Bonchev–Trinajstić information content (AvgIpc) is 3.90. The topological polar surface area (TPSA) is 16.4 Å². The van der Waals surface area contributed by atoms with Crippen LogP contribution < -0.4 is 4.90 Å². The maximum atomic E-state index is 6.23. The molecule has 0 bridgehead atoms. The molecule has 60 heavy (non-hydrogen) atoms. The molecule has 0 aliphatic heterocycles. The summed E-state index contributed by atoms with van der Waals surface area (Å²) in [6, 6.07) is 78.2. The molecule has 2 heteroatoms. The van der Waals surface area contributed by atoms with Gasteiger partial charge in [-0.1, -0.05) is 172 Å². The Balaban J connectivity index is 1.09. The molecular weight excluding hydrogens is 727 g/mol. The molecule has 0 atom stereocenters. The predicted octanol–water partition coefficient (Wildman–Crippen LogP) is 15.4. The van der Waals surface area contributed by atoms with Crippen LogP contribution in [0.4, 0.5) is 17.1 Å². The third-order valence-electron chi connectivity index (χ3n) is 13.3. The molecule has 0 saturated heterocycles. The molecule has 2 nitrogen and oxygen atoms in total. The van der Waals surface area contributed by atoms with Crippen molar-refractivity contribution in [1.82, 2.24) is 0 Å². The first-order chi connectivity index (χ1) is 29.5. The summed E-state index contributed by atoms with van der Waals surface area (Å²) in [6.07, 6.45) is 0. The van der Waals surface area contributed by atoms with Crippen LogP contribution >= 0.6 is 0 Å². The zero-order valence-electron chi connectivity index (χ0n) is 33.6. The first kappa shape index (κ1) is 34.6. The molecule has 9 aromatic carbocycles. The number of anilines is 3. The van der Waals surface area contributed by atoms with E-state index in [9.17, 15) is 0 Å². The van der Waals surface area contributed by atoms with E-state index in [1.165, 1.54) is 55.6 Å². The monoisotopic (exact) mass is 767 g/mol. The molecule has 1 aromatic heterocycles. The van der Waals surface area contributed by atoms with E-state index in [0.717, 1.165) is 50.1 Å². The standard InChI is InChI=1S/C58H41NO/c1-57(2)51-25-12-9-22-45(51)47-31-29-43(36-53(47)57)59(42-21-15-16-38(34-42)39-28-33-56-50(35-39)49-24-11-14-27-55(49)60-56)44-30-32-48-46-23-10-13-26-52(46)58(54(48)37-44,40-17-5-3-6-18-40)41-19-7-4-8-20-41/h3-37H,1-2H3. The lowest BCUT2D eigenvalue weighted by Gasteiger charge is -2.35. The van der Waals surface area contributed by atoms with Gasteiger partial charge in [0, 0.05) is 33.2 Å². The lowest BCUT2D eigenvalue weighted by atomic mass is 9.67. The Morgan fingerprint density at radius 3 is 1.62 bits per heavy atom. The van der Waals surface area contributed by atoms with Crippen LogP contribution in [-0.4, -0.2) is 0 Å². The molecule has 0 fully saturated rings. The van der Waals surface area contributed by atoms with E-state index in [-0.39, 0.29) is 5.41 Å². The smallest absolute Gasteiger partial charge is 0.135 e. The van der Waals surface area contributed by atoms with Gasteiger partial charge >= 0.3 is 0 Å². The van der Waals surface area contributed by atoms with E-state index in [1.54, 1.807) is 0 Å². The van der Waals surface area contributed by atoms with Gasteiger partial charge in [-0.15, -0.1) is 0 Å². The summed E-state index contributed by atoms with van der Waals surface area (Å²) in [4.78, 5) is 2.47. The van der Waals surface area contributed by atoms with Gasteiger partial charge in [0.1, 0.15) is 11.2 Å². The van der Waals surface area contributed by atoms with Crippen molar-refractivity contribution in [2.24, 2.45) is 0 Å². The number of hydrogen-bond acceptors (Lipinski definition) is 2. The van der Waals surface area contributed by atoms with Gasteiger partial charge in [0.25, 0.3) is 0 Å². The third-order valence-corrected chi connectivity index (χ3v) is 13.3. The SMILES string of the molecule is CC1(C)c2ccccc2-c2ccc(N(c3cccc(-c4ccc5oc6ccccc6c5c4)c3)c3ccc4c(c3)C(c3ccccc3)(c3ccccc3)c3ccccc3-4)cc21. The summed E-state index contributed by atoms with van der Waals surface area (Å²) < 4.78 is 6.23. The highest BCUT2D eigenvalue weighted by atomic mass is 16.3. The molecule has 1 heterocycles. The summed E-state index contributed by atoms with van der Waals surface area (Å²) in [6.45, 7) is 4.73. The van der Waals surface area contributed by atoms with Crippen molar-refractivity contribution >= 4 is 39.0 Å². The van der Waals surface area contributed by atoms with Crippen molar-refractivity contribution in [1.29, 1.82) is 0 Å². The van der Waals surface area contributed by atoms with Crippen LogP contribution in [0.25, 0.3) is 55.3 Å². The summed E-state index contributed by atoms with van der Waals surface area (Å²) in [7, 11) is 0. The summed E-state index contributed by atoms with van der Waals surface area (Å²) in [5.41, 5.74) is 19.8. The van der Waals surface area contributed by atoms with E-state index < -0.39 is 5.41 Å². The molecule has 0 amide bonds. The zero-order chi connectivity index (χ0) is 40.0. The Hall–Kier alpha value is -7.42. The van der Waals surface area contributed by atoms with E-state index in [4.69, 9.17) is 4.42 Å². The first-order valence-corrected chi connectivity index (χ1v) is 20.9. The quantitative estimate of drug-likeness (QED) is 0.168. The first-order valence-electron chi connectivity index (χ1n) is 20.9. The van der Waals surface area contributed by atoms with Gasteiger partial charge < -0.3 is 9.32 Å². The van der Waals surface area contributed by atoms with Gasteiger partial charge in [-0.05, 0) is 121 Å². The molecule has 2 aliphatic rings. The number of hydrogen-bond donors (Lipinski definition) is 0. The van der Waals surface area contributed by atoms with Crippen LogP contribution in [0.5, 0.6) is 0 Å². The maximum Gasteiger partial charge on any atom is 0.135 e. The van der Waals surface area contributed by atoms with Gasteiger partial charge in [0.05, 0.1) is 5.41 Å². The molecule has 2 aliphatic carbocycles. The van der Waals surface area contributed by atoms with Crippen LogP contribution in [0, 0.1) is 0 Å². The van der Waals surface area contributed by atoms with Gasteiger partial charge in [0.15, 0.2) is 0 Å². The van der Waals surface area contributed by atoms with Crippen molar-refractivity contribution in [2.45, 2.75) is 24.7 Å². The van der Waals surface area contributed by atoms with Crippen LogP contribution in [0.1, 0.15) is 47.2 Å². The Labute approximate surface area is 350 Å². The second-order valence-electron chi connectivity index (χ2n) is 16.9. The number of benzene rings is 9. The molecule has 0 unspecified atom stereocenters.